The first-order chi connectivity index (χ1) is 8.15. The third-order valence-electron chi connectivity index (χ3n) is 2.82. The van der Waals surface area contributed by atoms with Crippen LogP contribution in [0.5, 0.6) is 0 Å². The average Bonchev–Trinajstić information content (AvgIpc) is 2.73. The van der Waals surface area contributed by atoms with E-state index in [1.807, 2.05) is 13.2 Å². The molecule has 0 aliphatic rings. The van der Waals surface area contributed by atoms with E-state index in [4.69, 9.17) is 0 Å². The summed E-state index contributed by atoms with van der Waals surface area (Å²) in [5, 5.41) is 11.4. The minimum absolute atomic E-state index is 0.317. The molecule has 1 aromatic carbocycles. The van der Waals surface area contributed by atoms with Crippen molar-refractivity contribution in [1.82, 2.24) is 20.3 Å². The Morgan fingerprint density at radius 2 is 2.00 bits per heavy atom. The van der Waals surface area contributed by atoms with Crippen molar-refractivity contribution >= 4 is 0 Å². The molecule has 1 atom stereocenters. The van der Waals surface area contributed by atoms with Gasteiger partial charge in [0, 0.05) is 25.8 Å². The van der Waals surface area contributed by atoms with Gasteiger partial charge in [0.15, 0.2) is 0 Å². The number of aryl methyl sites for hydroxylation is 2. The van der Waals surface area contributed by atoms with E-state index >= 15 is 0 Å². The number of benzene rings is 1. The van der Waals surface area contributed by atoms with Crippen LogP contribution in [0.4, 0.5) is 0 Å². The van der Waals surface area contributed by atoms with E-state index in [1.165, 1.54) is 11.1 Å². The lowest BCUT2D eigenvalue weighted by Gasteiger charge is -2.13. The molecular weight excluding hydrogens is 212 g/mol. The summed E-state index contributed by atoms with van der Waals surface area (Å²) in [7, 11) is 1.87. The van der Waals surface area contributed by atoms with Gasteiger partial charge in [0.05, 0.1) is 5.69 Å². The van der Waals surface area contributed by atoms with Crippen LogP contribution in [0, 0.1) is 6.92 Å². The van der Waals surface area contributed by atoms with E-state index in [-0.39, 0.29) is 0 Å². The molecule has 4 nitrogen and oxygen atoms in total. The second-order valence-electron chi connectivity index (χ2n) is 4.40. The molecule has 0 saturated carbocycles. The Bertz CT molecular complexity index is 472. The van der Waals surface area contributed by atoms with Crippen molar-refractivity contribution in [2.24, 2.45) is 7.05 Å². The molecule has 2 aromatic rings. The van der Waals surface area contributed by atoms with E-state index in [9.17, 15) is 0 Å². The summed E-state index contributed by atoms with van der Waals surface area (Å²) in [4.78, 5) is 0. The van der Waals surface area contributed by atoms with Gasteiger partial charge in [-0.15, -0.1) is 5.10 Å². The maximum absolute atomic E-state index is 4.05. The van der Waals surface area contributed by atoms with Crippen LogP contribution >= 0.6 is 0 Å². The minimum Gasteiger partial charge on any atom is -0.304 e. The van der Waals surface area contributed by atoms with Gasteiger partial charge in [-0.2, -0.15) is 0 Å². The second-order valence-corrected chi connectivity index (χ2v) is 4.40. The number of nitrogens with zero attached hydrogens (tertiary/aromatic N) is 3. The lowest BCUT2D eigenvalue weighted by molar-refractivity contribution is 0.567. The molecule has 1 N–H and O–H groups in total. The van der Waals surface area contributed by atoms with Crippen molar-refractivity contribution in [3.8, 4) is 0 Å². The Balaban J connectivity index is 1.93. The molecule has 0 fully saturated rings. The fraction of sp³-hybridized carbons (Fsp3) is 0.385. The van der Waals surface area contributed by atoms with E-state index in [2.05, 4.69) is 53.7 Å². The fourth-order valence-electron chi connectivity index (χ4n) is 1.71. The number of hydrogen-bond acceptors (Lipinski definition) is 3. The molecule has 2 rings (SSSR count). The summed E-state index contributed by atoms with van der Waals surface area (Å²) in [5.41, 5.74) is 3.54. The summed E-state index contributed by atoms with van der Waals surface area (Å²) in [5.74, 6) is 0. The molecule has 0 bridgehead atoms. The Kier molecular flexibility index (Phi) is 3.54. The third kappa shape index (κ3) is 3.14. The number of hydrogen-bond donors (Lipinski definition) is 1. The van der Waals surface area contributed by atoms with Gasteiger partial charge in [0.1, 0.15) is 0 Å². The zero-order valence-electron chi connectivity index (χ0n) is 10.5. The van der Waals surface area contributed by atoms with E-state index < -0.39 is 0 Å². The van der Waals surface area contributed by atoms with Crippen LogP contribution in [0.25, 0.3) is 0 Å². The van der Waals surface area contributed by atoms with Crippen molar-refractivity contribution in [1.29, 1.82) is 0 Å². The van der Waals surface area contributed by atoms with Crippen LogP contribution in [0.3, 0.4) is 0 Å². The molecule has 4 heteroatoms. The molecule has 1 aromatic heterocycles. The topological polar surface area (TPSA) is 42.7 Å². The van der Waals surface area contributed by atoms with Gasteiger partial charge in [-0.05, 0) is 19.4 Å². The summed E-state index contributed by atoms with van der Waals surface area (Å²) in [6.07, 6.45) is 1.93. The van der Waals surface area contributed by atoms with Crippen LogP contribution in [0.15, 0.2) is 30.5 Å². The first kappa shape index (κ1) is 11.8. The van der Waals surface area contributed by atoms with E-state index in [0.717, 1.165) is 12.2 Å². The first-order valence-corrected chi connectivity index (χ1v) is 5.80. The molecular formula is C13H18N4. The van der Waals surface area contributed by atoms with Gasteiger partial charge in [-0.1, -0.05) is 35.0 Å². The van der Waals surface area contributed by atoms with Crippen molar-refractivity contribution in [2.75, 3.05) is 0 Å². The molecule has 0 saturated heterocycles. The largest absolute Gasteiger partial charge is 0.304 e. The lowest BCUT2D eigenvalue weighted by atomic mass is 10.1. The van der Waals surface area contributed by atoms with Crippen molar-refractivity contribution < 1.29 is 0 Å². The molecule has 0 amide bonds. The minimum atomic E-state index is 0.317. The molecule has 0 radical (unpaired) electrons. The lowest BCUT2D eigenvalue weighted by Crippen LogP contribution is -2.18. The highest BCUT2D eigenvalue weighted by molar-refractivity contribution is 5.23. The number of rotatable bonds is 4. The standard InChI is InChI=1S/C13H18N4/c1-10-4-6-12(7-5-10)11(2)14-8-13-9-17(3)16-15-13/h4-7,9,11,14H,8H2,1-3H3. The second kappa shape index (κ2) is 5.10. The zero-order valence-corrected chi connectivity index (χ0v) is 10.5. The highest BCUT2D eigenvalue weighted by Gasteiger charge is 2.05. The van der Waals surface area contributed by atoms with Crippen LogP contribution in [0.1, 0.15) is 29.8 Å². The normalized spacial score (nSPS) is 12.6. The SMILES string of the molecule is Cc1ccc(C(C)NCc2cn(C)nn2)cc1. The van der Waals surface area contributed by atoms with Gasteiger partial charge >= 0.3 is 0 Å². The van der Waals surface area contributed by atoms with Gasteiger partial charge in [0.25, 0.3) is 0 Å². The number of nitrogens with one attached hydrogen (secondary N) is 1. The van der Waals surface area contributed by atoms with Crippen LogP contribution in [-0.2, 0) is 13.6 Å². The summed E-state index contributed by atoms with van der Waals surface area (Å²) >= 11 is 0. The van der Waals surface area contributed by atoms with Gasteiger partial charge in [-0.3, -0.25) is 4.68 Å². The average molecular weight is 230 g/mol. The molecule has 90 valence electrons. The van der Waals surface area contributed by atoms with Crippen molar-refractivity contribution in [2.45, 2.75) is 26.4 Å². The molecule has 0 aliphatic carbocycles. The Morgan fingerprint density at radius 3 is 2.59 bits per heavy atom. The summed E-state index contributed by atoms with van der Waals surface area (Å²) in [6, 6.07) is 8.90. The number of aromatic nitrogens is 3. The molecule has 1 heterocycles. The zero-order chi connectivity index (χ0) is 12.3. The Hall–Kier alpha value is -1.68. The fourth-order valence-corrected chi connectivity index (χ4v) is 1.71. The van der Waals surface area contributed by atoms with Crippen LogP contribution in [-0.4, -0.2) is 15.0 Å². The molecule has 1 unspecified atom stereocenters. The third-order valence-corrected chi connectivity index (χ3v) is 2.82. The van der Waals surface area contributed by atoms with Gasteiger partial charge in [-0.25, -0.2) is 0 Å². The van der Waals surface area contributed by atoms with E-state index in [1.54, 1.807) is 4.68 Å². The summed E-state index contributed by atoms with van der Waals surface area (Å²) < 4.78 is 1.72. The van der Waals surface area contributed by atoms with Crippen molar-refractivity contribution in [3.63, 3.8) is 0 Å². The predicted molar refractivity (Wildman–Crippen MR) is 67.4 cm³/mol. The quantitative estimate of drug-likeness (QED) is 0.873. The highest BCUT2D eigenvalue weighted by atomic mass is 15.4. The maximum atomic E-state index is 4.05. The Labute approximate surface area is 102 Å². The maximum Gasteiger partial charge on any atom is 0.0964 e. The van der Waals surface area contributed by atoms with Gasteiger partial charge < -0.3 is 5.32 Å². The summed E-state index contributed by atoms with van der Waals surface area (Å²) in [6.45, 7) is 4.99. The van der Waals surface area contributed by atoms with Crippen molar-refractivity contribution in [3.05, 3.63) is 47.3 Å². The smallest absolute Gasteiger partial charge is 0.0964 e. The monoisotopic (exact) mass is 230 g/mol. The first-order valence-electron chi connectivity index (χ1n) is 5.80. The van der Waals surface area contributed by atoms with Gasteiger partial charge in [0.2, 0.25) is 0 Å². The van der Waals surface area contributed by atoms with Crippen LogP contribution in [0.2, 0.25) is 0 Å². The molecule has 0 spiro atoms. The van der Waals surface area contributed by atoms with E-state index in [0.29, 0.717) is 6.04 Å². The molecule has 0 aliphatic heterocycles. The molecule has 17 heavy (non-hydrogen) atoms. The van der Waals surface area contributed by atoms with Crippen LogP contribution < -0.4 is 5.32 Å². The Morgan fingerprint density at radius 1 is 1.29 bits per heavy atom. The highest BCUT2D eigenvalue weighted by Crippen LogP contribution is 2.13. The predicted octanol–water partition coefficient (Wildman–Crippen LogP) is 1.97.